The third kappa shape index (κ3) is 3.18. The molecule has 2 aromatic rings. The molecule has 32 heavy (non-hydrogen) atoms. The van der Waals surface area contributed by atoms with E-state index < -0.39 is 0 Å². The molecular formula is C26H32N4O2. The van der Waals surface area contributed by atoms with E-state index in [0.717, 1.165) is 57.0 Å². The molecular weight excluding hydrogens is 400 g/mol. The molecule has 1 amide bonds. The minimum absolute atomic E-state index is 0.160. The first-order chi connectivity index (χ1) is 15.6. The zero-order valence-corrected chi connectivity index (χ0v) is 18.9. The van der Waals surface area contributed by atoms with E-state index in [1.54, 1.807) is 19.5 Å². The molecule has 5 aliphatic rings. The van der Waals surface area contributed by atoms with Crippen LogP contribution in [0, 0.1) is 17.3 Å². The number of anilines is 1. The summed E-state index contributed by atoms with van der Waals surface area (Å²) in [5.74, 6) is 3.60. The number of ether oxygens (including phenoxy) is 1. The molecule has 0 N–H and O–H groups in total. The van der Waals surface area contributed by atoms with Crippen LogP contribution in [0.15, 0.2) is 42.9 Å². The predicted octanol–water partition coefficient (Wildman–Crippen LogP) is 3.67. The Kier molecular flexibility index (Phi) is 4.67. The van der Waals surface area contributed by atoms with E-state index in [-0.39, 0.29) is 10.8 Å². The van der Waals surface area contributed by atoms with Crippen molar-refractivity contribution in [3.8, 4) is 5.75 Å². The van der Waals surface area contributed by atoms with Crippen molar-refractivity contribution in [2.24, 2.45) is 17.3 Å². The molecule has 2 atom stereocenters. The van der Waals surface area contributed by atoms with E-state index in [0.29, 0.717) is 17.7 Å². The van der Waals surface area contributed by atoms with Crippen molar-refractivity contribution in [1.29, 1.82) is 0 Å². The molecule has 7 rings (SSSR count). The number of methoxy groups -OCH3 is 1. The summed E-state index contributed by atoms with van der Waals surface area (Å²) >= 11 is 0. The molecule has 2 unspecified atom stereocenters. The van der Waals surface area contributed by atoms with E-state index in [9.17, 15) is 4.79 Å². The summed E-state index contributed by atoms with van der Waals surface area (Å²) in [5, 5.41) is 0. The van der Waals surface area contributed by atoms with Gasteiger partial charge in [-0.25, -0.2) is 4.98 Å². The molecule has 1 saturated heterocycles. The number of hydrogen-bond acceptors (Lipinski definition) is 5. The topological polar surface area (TPSA) is 58.6 Å². The predicted molar refractivity (Wildman–Crippen MR) is 123 cm³/mol. The second-order valence-electron chi connectivity index (χ2n) is 10.6. The molecule has 168 valence electrons. The van der Waals surface area contributed by atoms with Gasteiger partial charge >= 0.3 is 0 Å². The standard InChI is InChI=1S/C26H32N4O2/c1-32-22-4-2-21(3-5-22)25-13-19-12-20(14-25)16-26(15-19,18-25)24(31)30-10-8-29(9-11-30)23-17-27-6-7-28-23/h2-7,17,19-20H,8-16,18H2,1H3. The highest BCUT2D eigenvalue weighted by Crippen LogP contribution is 2.66. The monoisotopic (exact) mass is 432 g/mol. The van der Waals surface area contributed by atoms with E-state index >= 15 is 0 Å². The Morgan fingerprint density at radius 2 is 1.72 bits per heavy atom. The maximum atomic E-state index is 14.0. The third-order valence-electron chi connectivity index (χ3n) is 8.66. The molecule has 4 bridgehead atoms. The van der Waals surface area contributed by atoms with Crippen LogP contribution in [0.2, 0.25) is 0 Å². The van der Waals surface area contributed by atoms with E-state index in [4.69, 9.17) is 4.74 Å². The average molecular weight is 433 g/mol. The largest absolute Gasteiger partial charge is 0.497 e. The first-order valence-corrected chi connectivity index (χ1v) is 12.0. The van der Waals surface area contributed by atoms with Gasteiger partial charge in [-0.2, -0.15) is 0 Å². The van der Waals surface area contributed by atoms with Crippen LogP contribution in [0.1, 0.15) is 44.1 Å². The summed E-state index contributed by atoms with van der Waals surface area (Å²) in [6.07, 6.45) is 12.2. The fourth-order valence-corrected chi connectivity index (χ4v) is 7.72. The molecule has 6 nitrogen and oxygen atoms in total. The Morgan fingerprint density at radius 1 is 1.00 bits per heavy atom. The van der Waals surface area contributed by atoms with Crippen LogP contribution in [0.3, 0.4) is 0 Å². The Bertz CT molecular complexity index is 971. The summed E-state index contributed by atoms with van der Waals surface area (Å²) in [4.78, 5) is 27.1. The molecule has 1 aliphatic heterocycles. The second-order valence-corrected chi connectivity index (χ2v) is 10.6. The molecule has 1 aromatic heterocycles. The number of nitrogens with zero attached hydrogens (tertiary/aromatic N) is 4. The smallest absolute Gasteiger partial charge is 0.228 e. The summed E-state index contributed by atoms with van der Waals surface area (Å²) in [6.45, 7) is 3.22. The number of carbonyl (C=O) groups excluding carboxylic acids is 1. The average Bonchev–Trinajstić information content (AvgIpc) is 2.83. The van der Waals surface area contributed by atoms with Crippen LogP contribution in [0.4, 0.5) is 5.82 Å². The van der Waals surface area contributed by atoms with Gasteiger partial charge in [-0.15, -0.1) is 0 Å². The number of amides is 1. The Balaban J connectivity index is 1.22. The number of aromatic nitrogens is 2. The molecule has 6 heteroatoms. The summed E-state index contributed by atoms with van der Waals surface area (Å²) < 4.78 is 5.39. The lowest BCUT2D eigenvalue weighted by Crippen LogP contribution is -2.61. The highest BCUT2D eigenvalue weighted by Gasteiger charge is 2.61. The zero-order valence-electron chi connectivity index (χ0n) is 18.9. The molecule has 4 aliphatic carbocycles. The molecule has 4 saturated carbocycles. The van der Waals surface area contributed by atoms with Crippen LogP contribution in [0.5, 0.6) is 5.75 Å². The van der Waals surface area contributed by atoms with Crippen LogP contribution < -0.4 is 9.64 Å². The van der Waals surface area contributed by atoms with Gasteiger partial charge in [0.05, 0.1) is 18.7 Å². The molecule has 5 fully saturated rings. The SMILES string of the molecule is COc1ccc(C23CC4CC(CC(C(=O)N5CCN(c6cnccn6)CC5)(C4)C2)C3)cc1. The van der Waals surface area contributed by atoms with Gasteiger partial charge < -0.3 is 14.5 Å². The number of carbonyl (C=O) groups is 1. The van der Waals surface area contributed by atoms with E-state index in [2.05, 4.69) is 44.0 Å². The van der Waals surface area contributed by atoms with Crippen molar-refractivity contribution in [2.45, 2.75) is 43.9 Å². The van der Waals surface area contributed by atoms with E-state index in [1.807, 2.05) is 6.20 Å². The molecule has 0 spiro atoms. The van der Waals surface area contributed by atoms with Crippen molar-refractivity contribution in [1.82, 2.24) is 14.9 Å². The van der Waals surface area contributed by atoms with Crippen LogP contribution >= 0.6 is 0 Å². The molecule has 1 aromatic carbocycles. The van der Waals surface area contributed by atoms with Crippen LogP contribution in [-0.2, 0) is 10.2 Å². The van der Waals surface area contributed by atoms with Gasteiger partial charge in [-0.3, -0.25) is 9.78 Å². The first-order valence-electron chi connectivity index (χ1n) is 12.0. The fraction of sp³-hybridized carbons (Fsp3) is 0.577. The fourth-order valence-electron chi connectivity index (χ4n) is 7.72. The summed E-state index contributed by atoms with van der Waals surface area (Å²) in [6, 6.07) is 8.69. The van der Waals surface area contributed by atoms with Gasteiger partial charge in [0, 0.05) is 38.6 Å². The van der Waals surface area contributed by atoms with Gasteiger partial charge in [-0.05, 0) is 73.5 Å². The molecule has 0 radical (unpaired) electrons. The Hall–Kier alpha value is -2.63. The van der Waals surface area contributed by atoms with Crippen molar-refractivity contribution >= 4 is 11.7 Å². The highest BCUT2D eigenvalue weighted by atomic mass is 16.5. The zero-order chi connectivity index (χ0) is 21.8. The third-order valence-corrected chi connectivity index (χ3v) is 8.66. The van der Waals surface area contributed by atoms with Crippen molar-refractivity contribution in [3.63, 3.8) is 0 Å². The van der Waals surface area contributed by atoms with Gasteiger partial charge in [0.1, 0.15) is 11.6 Å². The summed E-state index contributed by atoms with van der Waals surface area (Å²) in [5.41, 5.74) is 1.41. The minimum atomic E-state index is -0.168. The Labute approximate surface area is 190 Å². The van der Waals surface area contributed by atoms with Gasteiger partial charge in [0.15, 0.2) is 0 Å². The van der Waals surface area contributed by atoms with Crippen molar-refractivity contribution < 1.29 is 9.53 Å². The summed E-state index contributed by atoms with van der Waals surface area (Å²) in [7, 11) is 1.72. The maximum absolute atomic E-state index is 14.0. The normalized spacial score (nSPS) is 33.4. The van der Waals surface area contributed by atoms with Crippen LogP contribution in [-0.4, -0.2) is 54.1 Å². The lowest BCUT2D eigenvalue weighted by atomic mass is 9.42. The lowest BCUT2D eigenvalue weighted by Gasteiger charge is -2.62. The lowest BCUT2D eigenvalue weighted by molar-refractivity contribution is -0.160. The first kappa shape index (κ1) is 20.0. The Morgan fingerprint density at radius 3 is 2.34 bits per heavy atom. The van der Waals surface area contributed by atoms with Crippen molar-refractivity contribution in [2.75, 3.05) is 38.2 Å². The second kappa shape index (κ2) is 7.46. The van der Waals surface area contributed by atoms with Crippen molar-refractivity contribution in [3.05, 3.63) is 48.4 Å². The number of benzene rings is 1. The maximum Gasteiger partial charge on any atom is 0.228 e. The highest BCUT2D eigenvalue weighted by molar-refractivity contribution is 5.84. The quantitative estimate of drug-likeness (QED) is 0.738. The van der Waals surface area contributed by atoms with Gasteiger partial charge in [-0.1, -0.05) is 12.1 Å². The molecule has 2 heterocycles. The number of hydrogen-bond donors (Lipinski definition) is 0. The van der Waals surface area contributed by atoms with Crippen LogP contribution in [0.25, 0.3) is 0 Å². The number of piperazine rings is 1. The van der Waals surface area contributed by atoms with E-state index in [1.165, 1.54) is 24.8 Å². The van der Waals surface area contributed by atoms with Gasteiger partial charge in [0.2, 0.25) is 5.91 Å². The van der Waals surface area contributed by atoms with Gasteiger partial charge in [0.25, 0.3) is 0 Å². The number of rotatable bonds is 4. The minimum Gasteiger partial charge on any atom is -0.497 e.